The minimum Gasteiger partial charge on any atom is -0.411 e. The van der Waals surface area contributed by atoms with Gasteiger partial charge in [-0.2, -0.15) is 0 Å². The summed E-state index contributed by atoms with van der Waals surface area (Å²) < 4.78 is 5.83. The lowest BCUT2D eigenvalue weighted by Gasteiger charge is -2.29. The summed E-state index contributed by atoms with van der Waals surface area (Å²) in [6.07, 6.45) is 3.29. The van der Waals surface area contributed by atoms with Gasteiger partial charge in [0.05, 0.1) is 0 Å². The second kappa shape index (κ2) is 8.80. The highest BCUT2D eigenvalue weighted by Crippen LogP contribution is 2.37. The molecule has 0 aliphatic carbocycles. The number of carbonyl (C=O) groups is 1. The van der Waals surface area contributed by atoms with E-state index in [1.165, 1.54) is 18.2 Å². The number of thioether (sulfide) groups is 1. The number of halogens is 1. The third-order valence-electron chi connectivity index (χ3n) is 4.69. The zero-order valence-electron chi connectivity index (χ0n) is 15.3. The first-order valence-electron chi connectivity index (χ1n) is 9.30. The van der Waals surface area contributed by atoms with Crippen LogP contribution in [-0.4, -0.2) is 34.1 Å². The Labute approximate surface area is 173 Å². The number of nitrogens with zero attached hydrogens (tertiary/aromatic N) is 3. The minimum atomic E-state index is -0.410. The molecule has 1 aliphatic heterocycles. The van der Waals surface area contributed by atoms with Crippen LogP contribution >= 0.6 is 23.4 Å². The highest BCUT2D eigenvalue weighted by molar-refractivity contribution is 8.00. The molecule has 1 atom stereocenters. The molecule has 144 valence electrons. The third kappa shape index (κ3) is 4.39. The molecule has 0 bridgehead atoms. The average Bonchev–Trinajstić information content (AvgIpc) is 3.22. The molecule has 0 unspecified atom stereocenters. The normalized spacial score (nSPS) is 15.4. The molecular weight excluding hydrogens is 394 g/mol. The van der Waals surface area contributed by atoms with E-state index < -0.39 is 5.25 Å². The summed E-state index contributed by atoms with van der Waals surface area (Å²) >= 11 is 7.35. The van der Waals surface area contributed by atoms with E-state index in [2.05, 4.69) is 10.2 Å². The zero-order chi connectivity index (χ0) is 19.3. The van der Waals surface area contributed by atoms with Crippen molar-refractivity contribution in [2.75, 3.05) is 13.1 Å². The van der Waals surface area contributed by atoms with Crippen molar-refractivity contribution in [1.29, 1.82) is 0 Å². The first-order chi connectivity index (χ1) is 13.7. The highest BCUT2D eigenvalue weighted by atomic mass is 35.5. The van der Waals surface area contributed by atoms with Gasteiger partial charge in [-0.15, -0.1) is 10.2 Å². The molecule has 3 aromatic rings. The van der Waals surface area contributed by atoms with Gasteiger partial charge in [-0.1, -0.05) is 48.0 Å². The van der Waals surface area contributed by atoms with E-state index in [1.807, 2.05) is 47.4 Å². The Bertz CT molecular complexity index is 942. The highest BCUT2D eigenvalue weighted by Gasteiger charge is 2.29. The van der Waals surface area contributed by atoms with Crippen molar-refractivity contribution < 1.29 is 9.21 Å². The second-order valence-corrected chi connectivity index (χ2v) is 8.17. The molecule has 0 saturated carbocycles. The zero-order valence-corrected chi connectivity index (χ0v) is 16.8. The van der Waals surface area contributed by atoms with Gasteiger partial charge in [0, 0.05) is 23.7 Å². The number of amides is 1. The Morgan fingerprint density at radius 3 is 2.57 bits per heavy atom. The van der Waals surface area contributed by atoms with Crippen LogP contribution in [-0.2, 0) is 4.79 Å². The Morgan fingerprint density at radius 2 is 1.82 bits per heavy atom. The fourth-order valence-corrected chi connectivity index (χ4v) is 4.42. The van der Waals surface area contributed by atoms with Crippen molar-refractivity contribution in [3.05, 3.63) is 65.2 Å². The number of likely N-dealkylation sites (tertiary alicyclic amines) is 1. The van der Waals surface area contributed by atoms with Crippen LogP contribution in [0.2, 0.25) is 5.02 Å². The molecule has 1 fully saturated rings. The Kier molecular flexibility index (Phi) is 5.98. The number of hydrogen-bond acceptors (Lipinski definition) is 5. The standard InChI is InChI=1S/C21H20ClN3O2S/c22-17-11-7-10-16(14-17)19-23-24-21(27-19)28-18(15-8-3-1-4-9-15)20(26)25-12-5-2-6-13-25/h1,3-4,7-11,14,18H,2,5-6,12-13H2/t18-/m0/s1. The van der Waals surface area contributed by atoms with Crippen LogP contribution in [0.4, 0.5) is 0 Å². The fraction of sp³-hybridized carbons (Fsp3) is 0.286. The lowest BCUT2D eigenvalue weighted by molar-refractivity contribution is -0.131. The topological polar surface area (TPSA) is 59.2 Å². The summed E-state index contributed by atoms with van der Waals surface area (Å²) in [5, 5.41) is 8.84. The van der Waals surface area contributed by atoms with E-state index >= 15 is 0 Å². The molecule has 4 rings (SSSR count). The fourth-order valence-electron chi connectivity index (χ4n) is 3.27. The second-order valence-electron chi connectivity index (χ2n) is 6.68. The van der Waals surface area contributed by atoms with Crippen LogP contribution in [0.1, 0.15) is 30.1 Å². The lowest BCUT2D eigenvalue weighted by atomic mass is 10.1. The summed E-state index contributed by atoms with van der Waals surface area (Å²) in [7, 11) is 0. The molecule has 1 aliphatic rings. The summed E-state index contributed by atoms with van der Waals surface area (Å²) in [6.45, 7) is 1.61. The largest absolute Gasteiger partial charge is 0.411 e. The summed E-state index contributed by atoms with van der Waals surface area (Å²) in [4.78, 5) is 15.2. The number of carbonyl (C=O) groups excluding carboxylic acids is 1. The molecule has 5 nitrogen and oxygen atoms in total. The molecule has 1 saturated heterocycles. The van der Waals surface area contributed by atoms with Crippen molar-refractivity contribution in [3.63, 3.8) is 0 Å². The number of rotatable bonds is 5. The van der Waals surface area contributed by atoms with Gasteiger partial charge in [0.15, 0.2) is 0 Å². The Hall–Kier alpha value is -2.31. The molecule has 2 aromatic carbocycles. The molecule has 2 heterocycles. The van der Waals surface area contributed by atoms with Crippen LogP contribution in [0.15, 0.2) is 64.2 Å². The summed E-state index contributed by atoms with van der Waals surface area (Å²) in [5.74, 6) is 0.487. The number of benzene rings is 2. The summed E-state index contributed by atoms with van der Waals surface area (Å²) in [6, 6.07) is 17.0. The minimum absolute atomic E-state index is 0.0957. The van der Waals surface area contributed by atoms with E-state index in [4.69, 9.17) is 16.0 Å². The smallest absolute Gasteiger partial charge is 0.277 e. The number of piperidine rings is 1. The van der Waals surface area contributed by atoms with Crippen molar-refractivity contribution in [2.24, 2.45) is 0 Å². The van der Waals surface area contributed by atoms with Crippen molar-refractivity contribution in [1.82, 2.24) is 15.1 Å². The van der Waals surface area contributed by atoms with Gasteiger partial charge < -0.3 is 9.32 Å². The maximum atomic E-state index is 13.2. The Morgan fingerprint density at radius 1 is 1.04 bits per heavy atom. The molecular formula is C21H20ClN3O2S. The average molecular weight is 414 g/mol. The number of hydrogen-bond donors (Lipinski definition) is 0. The third-order valence-corrected chi connectivity index (χ3v) is 6.00. The van der Waals surface area contributed by atoms with Gasteiger partial charge in [0.1, 0.15) is 5.25 Å². The van der Waals surface area contributed by atoms with Crippen LogP contribution in [0, 0.1) is 0 Å². The van der Waals surface area contributed by atoms with Crippen molar-refractivity contribution in [3.8, 4) is 11.5 Å². The number of aromatic nitrogens is 2. The van der Waals surface area contributed by atoms with Crippen LogP contribution in [0.3, 0.4) is 0 Å². The molecule has 28 heavy (non-hydrogen) atoms. The predicted octanol–water partition coefficient (Wildman–Crippen LogP) is 5.24. The van der Waals surface area contributed by atoms with E-state index in [-0.39, 0.29) is 5.91 Å². The lowest BCUT2D eigenvalue weighted by Crippen LogP contribution is -2.38. The van der Waals surface area contributed by atoms with Crippen LogP contribution < -0.4 is 0 Å². The molecule has 0 N–H and O–H groups in total. The summed E-state index contributed by atoms with van der Waals surface area (Å²) in [5.41, 5.74) is 1.69. The first-order valence-corrected chi connectivity index (χ1v) is 10.6. The molecule has 7 heteroatoms. The molecule has 0 spiro atoms. The van der Waals surface area contributed by atoms with E-state index in [0.717, 1.165) is 37.1 Å². The molecule has 1 amide bonds. The monoisotopic (exact) mass is 413 g/mol. The van der Waals surface area contributed by atoms with E-state index in [0.29, 0.717) is 16.1 Å². The van der Waals surface area contributed by atoms with Crippen molar-refractivity contribution >= 4 is 29.3 Å². The van der Waals surface area contributed by atoms with Crippen molar-refractivity contribution in [2.45, 2.75) is 29.7 Å². The van der Waals surface area contributed by atoms with Gasteiger partial charge in [0.25, 0.3) is 5.22 Å². The van der Waals surface area contributed by atoms with Crippen LogP contribution in [0.25, 0.3) is 11.5 Å². The molecule has 1 aromatic heterocycles. The van der Waals surface area contributed by atoms with Gasteiger partial charge in [-0.05, 0) is 54.8 Å². The van der Waals surface area contributed by atoms with Crippen LogP contribution in [0.5, 0.6) is 0 Å². The predicted molar refractivity (Wildman–Crippen MR) is 110 cm³/mol. The SMILES string of the molecule is O=C([C@@H](Sc1nnc(-c2cccc(Cl)c2)o1)c1ccccc1)N1CCCCC1. The van der Waals surface area contributed by atoms with Gasteiger partial charge >= 0.3 is 0 Å². The first kappa shape index (κ1) is 19.0. The maximum Gasteiger partial charge on any atom is 0.277 e. The Balaban J connectivity index is 1.58. The maximum absolute atomic E-state index is 13.2. The van der Waals surface area contributed by atoms with Gasteiger partial charge in [0.2, 0.25) is 11.8 Å². The van der Waals surface area contributed by atoms with Gasteiger partial charge in [-0.3, -0.25) is 4.79 Å². The molecule has 0 radical (unpaired) electrons. The van der Waals surface area contributed by atoms with E-state index in [1.54, 1.807) is 12.1 Å². The van der Waals surface area contributed by atoms with E-state index in [9.17, 15) is 4.79 Å². The quantitative estimate of drug-likeness (QED) is 0.535. The van der Waals surface area contributed by atoms with Gasteiger partial charge in [-0.25, -0.2) is 0 Å².